The van der Waals surface area contributed by atoms with Gasteiger partial charge in [0, 0.05) is 31.1 Å². The number of carbonyl (C=O) groups excluding carboxylic acids is 3. The number of imidazole rings is 2. The van der Waals surface area contributed by atoms with Gasteiger partial charge >= 0.3 is 12.2 Å². The number of methoxy groups -OCH3 is 1. The van der Waals surface area contributed by atoms with E-state index in [0.29, 0.717) is 43.3 Å². The summed E-state index contributed by atoms with van der Waals surface area (Å²) in [6.45, 7) is 7.35. The zero-order valence-electron chi connectivity index (χ0n) is 35.3. The van der Waals surface area contributed by atoms with E-state index < -0.39 is 24.3 Å². The van der Waals surface area contributed by atoms with Gasteiger partial charge in [0.15, 0.2) is 0 Å². The average Bonchev–Trinajstić information content (AvgIpc) is 4.11. The summed E-state index contributed by atoms with van der Waals surface area (Å²) in [7, 11) is 2.72. The molecule has 0 radical (unpaired) electrons. The molecule has 3 aliphatic heterocycles. The summed E-state index contributed by atoms with van der Waals surface area (Å²) in [5.74, 6) is 1.80. The number of carboxylic acid groups (broad SMARTS) is 1. The number of carbonyl (C=O) groups is 4. The van der Waals surface area contributed by atoms with Crippen molar-refractivity contribution >= 4 is 45.8 Å². The number of hydrogen-bond acceptors (Lipinski definition) is 8. The van der Waals surface area contributed by atoms with E-state index in [1.54, 1.807) is 35.4 Å². The van der Waals surface area contributed by atoms with E-state index in [1.165, 1.54) is 14.2 Å². The van der Waals surface area contributed by atoms with Crippen molar-refractivity contribution in [2.75, 3.05) is 27.2 Å². The lowest BCUT2D eigenvalue weighted by Gasteiger charge is -2.32. The minimum Gasteiger partial charge on any atom is -0.488 e. The second-order valence-corrected chi connectivity index (χ2v) is 17.1. The van der Waals surface area contributed by atoms with Crippen molar-refractivity contribution in [3.8, 4) is 28.1 Å². The van der Waals surface area contributed by atoms with Crippen LogP contribution in [0.3, 0.4) is 0 Å². The molecule has 5 heterocycles. The average molecular weight is 839 g/mol. The summed E-state index contributed by atoms with van der Waals surface area (Å²) in [4.78, 5) is 73.7. The monoisotopic (exact) mass is 838 g/mol. The Balaban J connectivity index is 0.966. The number of nitrogens with one attached hydrogen (secondary N) is 3. The molecule has 6 aromatic rings. The summed E-state index contributed by atoms with van der Waals surface area (Å²) in [6.07, 6.45) is 2.19. The molecule has 4 N–H and O–H groups in total. The van der Waals surface area contributed by atoms with Crippen molar-refractivity contribution in [3.63, 3.8) is 0 Å². The summed E-state index contributed by atoms with van der Waals surface area (Å²) in [6, 6.07) is 21.3. The number of fused-ring (bicyclic) bond motifs is 6. The van der Waals surface area contributed by atoms with Crippen LogP contribution in [0.5, 0.6) is 5.75 Å². The molecule has 2 aromatic heterocycles. The van der Waals surface area contributed by atoms with Gasteiger partial charge in [0.2, 0.25) is 5.91 Å². The molecule has 3 aliphatic rings. The van der Waals surface area contributed by atoms with E-state index in [1.807, 2.05) is 30.9 Å². The number of rotatable bonds is 9. The zero-order valence-corrected chi connectivity index (χ0v) is 35.3. The van der Waals surface area contributed by atoms with E-state index in [9.17, 15) is 24.3 Å². The molecule has 4 aromatic carbocycles. The van der Waals surface area contributed by atoms with Gasteiger partial charge in [-0.05, 0) is 83.0 Å². The fourth-order valence-corrected chi connectivity index (χ4v) is 9.46. The molecule has 0 saturated carbocycles. The molecule has 5 atom stereocenters. The Kier molecular flexibility index (Phi) is 10.6. The number of aromatic amines is 2. The highest BCUT2D eigenvalue weighted by Crippen LogP contribution is 2.44. The van der Waals surface area contributed by atoms with E-state index in [-0.39, 0.29) is 35.7 Å². The van der Waals surface area contributed by atoms with Crippen molar-refractivity contribution in [2.45, 2.75) is 70.8 Å². The van der Waals surface area contributed by atoms with Crippen LogP contribution in [-0.2, 0) is 20.9 Å². The van der Waals surface area contributed by atoms with E-state index in [0.717, 1.165) is 73.2 Å². The number of aromatic nitrogens is 4. The Bertz CT molecular complexity index is 2710. The number of likely N-dealkylation sites (tertiary alicyclic amines) is 2. The molecule has 0 bridgehead atoms. The third-order valence-electron chi connectivity index (χ3n) is 12.7. The first-order valence-corrected chi connectivity index (χ1v) is 21.1. The Hall–Kier alpha value is -6.90. The molecule has 320 valence electrons. The lowest BCUT2D eigenvalue weighted by atomic mass is 9.92. The third-order valence-corrected chi connectivity index (χ3v) is 12.7. The van der Waals surface area contributed by atoms with Gasteiger partial charge < -0.3 is 39.7 Å². The standard InChI is InChI=1S/C47H50N8O7/c1-25(2)39(52-46(58)61-5)44(56)55-23-26(3)18-37(55)43-49-34-16-14-28-20-33-31-15-13-29(19-30(31)24-62-38(33)21-32(28)40(34)51-43)35-22-48-42(50-35)36-12-9-17-54(36)45(57)41(53(4)47(59)60)27-10-7-6-8-11-27/h6-8,10-11,13-16,19-22,25-26,36-37,39,41H,9,12,17-18,23-24H2,1-5H3,(H,48,50)(H,49,51)(H,52,58)(H,59,60)/t26-,36-,37-,39-,41+/m0/s1. The molecule has 15 heteroatoms. The number of hydrogen-bond donors (Lipinski definition) is 4. The molecular weight excluding hydrogens is 789 g/mol. The number of ether oxygens (including phenoxy) is 2. The maximum atomic E-state index is 14.1. The van der Waals surface area contributed by atoms with Crippen LogP contribution in [0.25, 0.3) is 44.2 Å². The zero-order chi connectivity index (χ0) is 43.4. The van der Waals surface area contributed by atoms with Crippen molar-refractivity contribution < 1.29 is 33.8 Å². The van der Waals surface area contributed by atoms with Crippen molar-refractivity contribution in [1.29, 1.82) is 0 Å². The Labute approximate surface area is 358 Å². The fraction of sp³-hybridized carbons (Fsp3) is 0.362. The number of likely N-dealkylation sites (N-methyl/N-ethyl adjacent to an activating group) is 1. The molecule has 15 nitrogen and oxygen atoms in total. The second-order valence-electron chi connectivity index (χ2n) is 17.1. The van der Waals surface area contributed by atoms with Crippen molar-refractivity contribution in [2.24, 2.45) is 11.8 Å². The molecule has 0 unspecified atom stereocenters. The summed E-state index contributed by atoms with van der Waals surface area (Å²) in [5, 5.41) is 14.5. The highest BCUT2D eigenvalue weighted by molar-refractivity contribution is 6.07. The van der Waals surface area contributed by atoms with Gasteiger partial charge in [-0.2, -0.15) is 0 Å². The molecule has 9 rings (SSSR count). The smallest absolute Gasteiger partial charge is 0.407 e. The summed E-state index contributed by atoms with van der Waals surface area (Å²) >= 11 is 0. The van der Waals surface area contributed by atoms with E-state index >= 15 is 0 Å². The minimum atomic E-state index is -1.18. The summed E-state index contributed by atoms with van der Waals surface area (Å²) < 4.78 is 11.2. The van der Waals surface area contributed by atoms with Gasteiger partial charge in [-0.1, -0.05) is 69.3 Å². The predicted octanol–water partition coefficient (Wildman–Crippen LogP) is 7.97. The molecule has 62 heavy (non-hydrogen) atoms. The van der Waals surface area contributed by atoms with Gasteiger partial charge in [-0.3, -0.25) is 14.5 Å². The number of alkyl carbamates (subject to hydrolysis) is 1. The molecule has 0 aliphatic carbocycles. The predicted molar refractivity (Wildman–Crippen MR) is 232 cm³/mol. The summed E-state index contributed by atoms with van der Waals surface area (Å²) in [5.41, 5.74) is 7.08. The van der Waals surface area contributed by atoms with E-state index in [2.05, 4.69) is 58.6 Å². The van der Waals surface area contributed by atoms with Crippen molar-refractivity contribution in [1.82, 2.24) is 40.0 Å². The Morgan fingerprint density at radius 1 is 0.952 bits per heavy atom. The first-order valence-electron chi connectivity index (χ1n) is 21.1. The normalized spacial score (nSPS) is 19.2. The quantitative estimate of drug-likeness (QED) is 0.112. The van der Waals surface area contributed by atoms with Crippen LogP contribution < -0.4 is 10.1 Å². The number of amides is 4. The van der Waals surface area contributed by atoms with Gasteiger partial charge in [0.05, 0.1) is 42.1 Å². The number of H-pyrrole nitrogens is 2. The van der Waals surface area contributed by atoms with Crippen LogP contribution in [0.4, 0.5) is 9.59 Å². The Morgan fingerprint density at radius 3 is 2.52 bits per heavy atom. The van der Waals surface area contributed by atoms with Gasteiger partial charge in [-0.15, -0.1) is 0 Å². The topological polar surface area (TPSA) is 186 Å². The van der Waals surface area contributed by atoms with Crippen LogP contribution in [0.15, 0.2) is 79.0 Å². The number of nitrogens with zero attached hydrogens (tertiary/aromatic N) is 5. The van der Waals surface area contributed by atoms with Crippen molar-refractivity contribution in [3.05, 3.63) is 102 Å². The van der Waals surface area contributed by atoms with Crippen LogP contribution in [0.2, 0.25) is 0 Å². The van der Waals surface area contributed by atoms with Crippen LogP contribution in [0, 0.1) is 11.8 Å². The van der Waals surface area contributed by atoms with Gasteiger partial charge in [0.25, 0.3) is 5.91 Å². The Morgan fingerprint density at radius 2 is 1.76 bits per heavy atom. The minimum absolute atomic E-state index is 0.137. The molecule has 4 amide bonds. The highest BCUT2D eigenvalue weighted by Gasteiger charge is 2.41. The molecule has 2 saturated heterocycles. The third kappa shape index (κ3) is 7.24. The number of benzene rings is 4. The first-order chi connectivity index (χ1) is 29.9. The van der Waals surface area contributed by atoms with Gasteiger partial charge in [0.1, 0.15) is 36.1 Å². The second kappa shape index (κ2) is 16.2. The van der Waals surface area contributed by atoms with Crippen LogP contribution in [0.1, 0.15) is 80.9 Å². The molecule has 0 spiro atoms. The van der Waals surface area contributed by atoms with Crippen LogP contribution in [-0.4, -0.2) is 97.0 Å². The largest absolute Gasteiger partial charge is 0.488 e. The van der Waals surface area contributed by atoms with Crippen LogP contribution >= 0.6 is 0 Å². The fourth-order valence-electron chi connectivity index (χ4n) is 9.46. The van der Waals surface area contributed by atoms with E-state index in [4.69, 9.17) is 19.4 Å². The lowest BCUT2D eigenvalue weighted by molar-refractivity contribution is -0.137. The lowest BCUT2D eigenvalue weighted by Crippen LogP contribution is -2.51. The maximum absolute atomic E-state index is 14.1. The SMILES string of the molecule is COC(=O)N[C@H](C(=O)N1C[C@@H](C)C[C@H]1c1nc2c(ccc3cc4c(cc32)OCc2cc(-c3cnc([C@@H]5CCCN5C(=O)[C@@H](c5ccccc5)N(C)C(=O)O)[nH]3)ccc2-4)[nH]1)C(C)C. The first kappa shape index (κ1) is 40.5. The maximum Gasteiger partial charge on any atom is 0.407 e. The highest BCUT2D eigenvalue weighted by atomic mass is 16.5. The van der Waals surface area contributed by atoms with Gasteiger partial charge in [-0.25, -0.2) is 19.6 Å². The molecule has 2 fully saturated rings. The molecular formula is C47H50N8O7.